The summed E-state index contributed by atoms with van der Waals surface area (Å²) in [6, 6.07) is 9.22. The first-order valence-electron chi connectivity index (χ1n) is 6.71. The molecule has 0 fully saturated rings. The second kappa shape index (κ2) is 5.66. The highest BCUT2D eigenvalue weighted by molar-refractivity contribution is 7.90. The number of hydrogen-bond acceptors (Lipinski definition) is 5. The molecule has 0 radical (unpaired) electrons. The number of aryl methyl sites for hydroxylation is 2. The van der Waals surface area contributed by atoms with E-state index in [4.69, 9.17) is 0 Å². The predicted octanol–water partition coefficient (Wildman–Crippen LogP) is 3.12. The molecule has 1 N–H and O–H groups in total. The molecular weight excluding hydrogens is 318 g/mol. The lowest BCUT2D eigenvalue weighted by Crippen LogP contribution is -2.08. The zero-order chi connectivity index (χ0) is 15.7. The van der Waals surface area contributed by atoms with Gasteiger partial charge >= 0.3 is 0 Å². The van der Waals surface area contributed by atoms with Crippen LogP contribution in [0.3, 0.4) is 0 Å². The highest BCUT2D eigenvalue weighted by atomic mass is 32.2. The fourth-order valence-electron chi connectivity index (χ4n) is 2.18. The molecule has 114 valence electrons. The third kappa shape index (κ3) is 2.95. The van der Waals surface area contributed by atoms with Crippen LogP contribution in [0.1, 0.15) is 17.0 Å². The van der Waals surface area contributed by atoms with Crippen LogP contribution in [0.15, 0.2) is 40.6 Å². The summed E-state index contributed by atoms with van der Waals surface area (Å²) in [5.41, 5.74) is 1.66. The molecule has 2 heterocycles. The molecule has 0 saturated carbocycles. The Bertz CT molecular complexity index is 897. The van der Waals surface area contributed by atoms with E-state index in [1.807, 2.05) is 36.6 Å². The normalized spacial score (nSPS) is 11.7. The Morgan fingerprint density at radius 2 is 2.05 bits per heavy atom. The third-order valence-electron chi connectivity index (χ3n) is 3.28. The Kier molecular flexibility index (Phi) is 3.84. The predicted molar refractivity (Wildman–Crippen MR) is 86.5 cm³/mol. The van der Waals surface area contributed by atoms with Crippen molar-refractivity contribution in [1.29, 1.82) is 0 Å². The van der Waals surface area contributed by atoms with Gasteiger partial charge in [-0.15, -0.1) is 11.3 Å². The number of sulfone groups is 1. The van der Waals surface area contributed by atoms with E-state index in [2.05, 4.69) is 15.2 Å². The number of aromatic amines is 1. The van der Waals surface area contributed by atoms with Crippen molar-refractivity contribution in [3.8, 4) is 10.7 Å². The van der Waals surface area contributed by atoms with Crippen LogP contribution in [0.4, 0.5) is 0 Å². The van der Waals surface area contributed by atoms with E-state index in [-0.39, 0.29) is 5.75 Å². The van der Waals surface area contributed by atoms with Gasteiger partial charge in [-0.05, 0) is 42.5 Å². The second-order valence-electron chi connectivity index (χ2n) is 5.11. The van der Waals surface area contributed by atoms with Crippen molar-refractivity contribution in [2.24, 2.45) is 0 Å². The second-order valence-corrected chi connectivity index (χ2v) is 8.02. The molecule has 3 rings (SSSR count). The molecule has 0 unspecified atom stereocenters. The smallest absolute Gasteiger partial charge is 0.191 e. The van der Waals surface area contributed by atoms with Crippen molar-refractivity contribution in [3.63, 3.8) is 0 Å². The number of nitrogens with zero attached hydrogens (tertiary/aromatic N) is 2. The van der Waals surface area contributed by atoms with Crippen LogP contribution in [0.25, 0.3) is 10.7 Å². The van der Waals surface area contributed by atoms with Gasteiger partial charge in [0, 0.05) is 0 Å². The van der Waals surface area contributed by atoms with Crippen LogP contribution < -0.4 is 0 Å². The van der Waals surface area contributed by atoms with Crippen LogP contribution in [-0.2, 0) is 15.6 Å². The Morgan fingerprint density at radius 3 is 2.77 bits per heavy atom. The van der Waals surface area contributed by atoms with E-state index in [1.165, 1.54) is 11.3 Å². The molecule has 0 aliphatic carbocycles. The van der Waals surface area contributed by atoms with Crippen LogP contribution in [0.5, 0.6) is 0 Å². The van der Waals surface area contributed by atoms with Gasteiger partial charge in [-0.2, -0.15) is 5.10 Å². The standard InChI is InChI=1S/C15H15N3O2S2/c1-10-5-6-11(2)13(8-10)22(19,20)9-14-16-15(18-17-14)12-4-3-7-21-12/h3-8H,9H2,1-2H3,(H,16,17,18). The Balaban J connectivity index is 1.90. The molecule has 0 aliphatic heterocycles. The quantitative estimate of drug-likeness (QED) is 0.796. The fraction of sp³-hybridized carbons (Fsp3) is 0.200. The minimum Gasteiger partial charge on any atom is -0.262 e. The molecule has 5 nitrogen and oxygen atoms in total. The number of hydrogen-bond donors (Lipinski definition) is 1. The van der Waals surface area contributed by atoms with Crippen molar-refractivity contribution < 1.29 is 8.42 Å². The first-order valence-corrected chi connectivity index (χ1v) is 9.24. The lowest BCUT2D eigenvalue weighted by atomic mass is 10.2. The molecule has 0 aliphatic rings. The zero-order valence-electron chi connectivity index (χ0n) is 12.2. The maximum Gasteiger partial charge on any atom is 0.191 e. The fourth-order valence-corrected chi connectivity index (χ4v) is 4.40. The summed E-state index contributed by atoms with van der Waals surface area (Å²) < 4.78 is 25.2. The lowest BCUT2D eigenvalue weighted by molar-refractivity contribution is 0.593. The summed E-state index contributed by atoms with van der Waals surface area (Å²) in [6.07, 6.45) is 0. The van der Waals surface area contributed by atoms with Crippen molar-refractivity contribution in [3.05, 3.63) is 52.7 Å². The number of aromatic nitrogens is 3. The van der Waals surface area contributed by atoms with Crippen LogP contribution in [-0.4, -0.2) is 23.6 Å². The molecule has 0 amide bonds. The number of H-pyrrole nitrogens is 1. The summed E-state index contributed by atoms with van der Waals surface area (Å²) in [6.45, 7) is 3.67. The lowest BCUT2D eigenvalue weighted by Gasteiger charge is -2.07. The minimum atomic E-state index is -3.45. The molecule has 2 aromatic heterocycles. The first-order chi connectivity index (χ1) is 10.5. The van der Waals surface area contributed by atoms with Gasteiger partial charge in [-0.25, -0.2) is 13.4 Å². The zero-order valence-corrected chi connectivity index (χ0v) is 13.8. The van der Waals surface area contributed by atoms with Crippen LogP contribution in [0, 0.1) is 13.8 Å². The molecule has 7 heteroatoms. The van der Waals surface area contributed by atoms with E-state index >= 15 is 0 Å². The average Bonchev–Trinajstić information content (AvgIpc) is 3.11. The number of nitrogens with one attached hydrogen (secondary N) is 1. The summed E-state index contributed by atoms with van der Waals surface area (Å²) in [5.74, 6) is 0.695. The summed E-state index contributed by atoms with van der Waals surface area (Å²) in [5, 5.41) is 8.74. The van der Waals surface area contributed by atoms with Gasteiger partial charge in [0.25, 0.3) is 0 Å². The molecular formula is C15H15N3O2S2. The minimum absolute atomic E-state index is 0.185. The molecule has 0 atom stereocenters. The average molecular weight is 333 g/mol. The van der Waals surface area contributed by atoms with Gasteiger partial charge < -0.3 is 0 Å². The summed E-state index contributed by atoms with van der Waals surface area (Å²) >= 11 is 1.51. The number of rotatable bonds is 4. The Labute approximate surface area is 133 Å². The molecule has 22 heavy (non-hydrogen) atoms. The Morgan fingerprint density at radius 1 is 1.23 bits per heavy atom. The van der Waals surface area contributed by atoms with Crippen molar-refractivity contribution >= 4 is 21.2 Å². The highest BCUT2D eigenvalue weighted by Gasteiger charge is 2.20. The van der Waals surface area contributed by atoms with Crippen molar-refractivity contribution in [2.75, 3.05) is 0 Å². The van der Waals surface area contributed by atoms with Gasteiger partial charge in [-0.1, -0.05) is 18.2 Å². The molecule has 3 aromatic rings. The number of benzene rings is 1. The SMILES string of the molecule is Cc1ccc(C)c(S(=O)(=O)Cc2nc(-c3cccs3)n[nH]2)c1. The van der Waals surface area contributed by atoms with Gasteiger partial charge in [0.15, 0.2) is 15.7 Å². The summed E-state index contributed by atoms with van der Waals surface area (Å²) in [7, 11) is -3.45. The largest absolute Gasteiger partial charge is 0.262 e. The highest BCUT2D eigenvalue weighted by Crippen LogP contribution is 2.23. The maximum atomic E-state index is 12.6. The molecule has 0 saturated heterocycles. The van der Waals surface area contributed by atoms with E-state index in [0.717, 1.165) is 16.0 Å². The molecule has 0 bridgehead atoms. The number of thiophene rings is 1. The van der Waals surface area contributed by atoms with Crippen molar-refractivity contribution in [1.82, 2.24) is 15.2 Å². The first kappa shape index (κ1) is 14.9. The molecule has 1 aromatic carbocycles. The van der Waals surface area contributed by atoms with Gasteiger partial charge in [0.1, 0.15) is 11.6 Å². The van der Waals surface area contributed by atoms with E-state index in [0.29, 0.717) is 16.5 Å². The Hall–Kier alpha value is -1.99. The molecule has 0 spiro atoms. The van der Waals surface area contributed by atoms with Gasteiger partial charge in [0.2, 0.25) is 0 Å². The monoisotopic (exact) mass is 333 g/mol. The van der Waals surface area contributed by atoms with E-state index < -0.39 is 9.84 Å². The summed E-state index contributed by atoms with van der Waals surface area (Å²) in [4.78, 5) is 5.54. The van der Waals surface area contributed by atoms with Crippen molar-refractivity contribution in [2.45, 2.75) is 24.5 Å². The maximum absolute atomic E-state index is 12.6. The van der Waals surface area contributed by atoms with Gasteiger partial charge in [0.05, 0.1) is 9.77 Å². The third-order valence-corrected chi connectivity index (χ3v) is 5.91. The van der Waals surface area contributed by atoms with Crippen LogP contribution >= 0.6 is 11.3 Å². The van der Waals surface area contributed by atoms with E-state index in [1.54, 1.807) is 13.0 Å². The topological polar surface area (TPSA) is 75.7 Å². The van der Waals surface area contributed by atoms with Crippen LogP contribution in [0.2, 0.25) is 0 Å². The van der Waals surface area contributed by atoms with Gasteiger partial charge in [-0.3, -0.25) is 5.10 Å². The van der Waals surface area contributed by atoms with E-state index in [9.17, 15) is 8.42 Å².